The molecule has 2 rings (SSSR count). The third-order valence-corrected chi connectivity index (χ3v) is 6.02. The quantitative estimate of drug-likeness (QED) is 0.717. The van der Waals surface area contributed by atoms with Crippen molar-refractivity contribution in [2.75, 3.05) is 13.1 Å². The van der Waals surface area contributed by atoms with Crippen molar-refractivity contribution in [3.63, 3.8) is 0 Å². The third kappa shape index (κ3) is 1.58. The highest BCUT2D eigenvalue weighted by atomic mass is 32.2. The van der Waals surface area contributed by atoms with Crippen LogP contribution in [0.2, 0.25) is 0 Å². The van der Waals surface area contributed by atoms with Crippen LogP contribution in [0, 0.1) is 11.8 Å². The van der Waals surface area contributed by atoms with Crippen molar-refractivity contribution >= 4 is 10.0 Å². The summed E-state index contributed by atoms with van der Waals surface area (Å²) < 4.78 is 25.7. The molecule has 0 bridgehead atoms. The molecule has 1 aliphatic heterocycles. The van der Waals surface area contributed by atoms with Crippen LogP contribution >= 0.6 is 0 Å². The Kier molecular flexibility index (Phi) is 2.60. The smallest absolute Gasteiger partial charge is 0.212 e. The van der Waals surface area contributed by atoms with Crippen LogP contribution < -0.4 is 0 Å². The third-order valence-electron chi connectivity index (χ3n) is 3.67. The highest BCUT2D eigenvalue weighted by Gasteiger charge is 2.41. The van der Waals surface area contributed by atoms with Gasteiger partial charge in [0, 0.05) is 13.1 Å². The van der Waals surface area contributed by atoms with Gasteiger partial charge in [-0.1, -0.05) is 13.3 Å². The Balaban J connectivity index is 2.00. The van der Waals surface area contributed by atoms with Crippen molar-refractivity contribution in [1.82, 2.24) is 4.31 Å². The molecule has 3 nitrogen and oxygen atoms in total. The van der Waals surface area contributed by atoms with Crippen molar-refractivity contribution in [3.8, 4) is 0 Å². The zero-order chi connectivity index (χ0) is 10.3. The molecule has 1 aliphatic carbocycles. The van der Waals surface area contributed by atoms with Gasteiger partial charge in [0.05, 0.1) is 5.25 Å². The summed E-state index contributed by atoms with van der Waals surface area (Å²) in [5.74, 6) is 0.981. The fourth-order valence-corrected chi connectivity index (χ4v) is 4.39. The minimum absolute atomic E-state index is 0.149. The Morgan fingerprint density at radius 1 is 1.29 bits per heavy atom. The molecule has 2 fully saturated rings. The Hall–Kier alpha value is -0.0900. The van der Waals surface area contributed by atoms with Crippen molar-refractivity contribution in [2.45, 2.75) is 38.4 Å². The molecule has 0 amide bonds. The lowest BCUT2D eigenvalue weighted by molar-refractivity contribution is 0.208. The van der Waals surface area contributed by atoms with Gasteiger partial charge < -0.3 is 0 Å². The zero-order valence-electron chi connectivity index (χ0n) is 8.94. The fraction of sp³-hybridized carbons (Fsp3) is 1.00. The van der Waals surface area contributed by atoms with Gasteiger partial charge in [0.25, 0.3) is 0 Å². The SMILES string of the molecule is CC1CN(S(=O)(=O)C(C)C2CCC2)C1. The fourth-order valence-electron chi connectivity index (χ4n) is 2.24. The lowest BCUT2D eigenvalue weighted by Crippen LogP contribution is -2.53. The predicted octanol–water partition coefficient (Wildman–Crippen LogP) is 1.46. The zero-order valence-corrected chi connectivity index (χ0v) is 9.76. The minimum atomic E-state index is -2.96. The van der Waals surface area contributed by atoms with Crippen molar-refractivity contribution < 1.29 is 8.42 Å². The van der Waals surface area contributed by atoms with Crippen LogP contribution in [0.5, 0.6) is 0 Å². The summed E-state index contributed by atoms with van der Waals surface area (Å²) in [4.78, 5) is 0. The maximum atomic E-state index is 12.0. The maximum Gasteiger partial charge on any atom is 0.217 e. The molecule has 0 radical (unpaired) electrons. The summed E-state index contributed by atoms with van der Waals surface area (Å²) in [5, 5.41) is -0.149. The van der Waals surface area contributed by atoms with Gasteiger partial charge in [0.1, 0.15) is 0 Å². The Bertz CT molecular complexity index is 302. The molecule has 2 aliphatic rings. The van der Waals surface area contributed by atoms with Gasteiger partial charge >= 0.3 is 0 Å². The largest absolute Gasteiger partial charge is 0.217 e. The Morgan fingerprint density at radius 2 is 1.86 bits per heavy atom. The standard InChI is InChI=1S/C10H19NO2S/c1-8-6-11(7-8)14(12,13)9(2)10-4-3-5-10/h8-10H,3-7H2,1-2H3. The first-order chi connectivity index (χ1) is 6.51. The van der Waals surface area contributed by atoms with Gasteiger partial charge in [-0.15, -0.1) is 0 Å². The number of hydrogen-bond donors (Lipinski definition) is 0. The van der Waals surface area contributed by atoms with Crippen molar-refractivity contribution in [2.24, 2.45) is 11.8 Å². The van der Waals surface area contributed by atoms with E-state index in [9.17, 15) is 8.42 Å². The lowest BCUT2D eigenvalue weighted by Gasteiger charge is -2.41. The number of hydrogen-bond acceptors (Lipinski definition) is 2. The van der Waals surface area contributed by atoms with Gasteiger partial charge in [-0.2, -0.15) is 0 Å². The maximum absolute atomic E-state index is 12.0. The molecule has 0 aromatic heterocycles. The molecule has 14 heavy (non-hydrogen) atoms. The summed E-state index contributed by atoms with van der Waals surface area (Å²) in [6.45, 7) is 5.45. The van der Waals surface area contributed by atoms with E-state index < -0.39 is 10.0 Å². The highest BCUT2D eigenvalue weighted by Crippen LogP contribution is 2.35. The van der Waals surface area contributed by atoms with Crippen LogP contribution in [0.3, 0.4) is 0 Å². The van der Waals surface area contributed by atoms with Crippen molar-refractivity contribution in [3.05, 3.63) is 0 Å². The first-order valence-electron chi connectivity index (χ1n) is 5.51. The molecule has 0 aromatic rings. The molecule has 0 N–H and O–H groups in total. The number of rotatable bonds is 3. The van der Waals surface area contributed by atoms with Crippen molar-refractivity contribution in [1.29, 1.82) is 0 Å². The number of sulfonamides is 1. The van der Waals surface area contributed by atoms with E-state index >= 15 is 0 Å². The second-order valence-electron chi connectivity index (χ2n) is 4.86. The van der Waals surface area contributed by atoms with E-state index in [1.807, 2.05) is 6.92 Å². The van der Waals surface area contributed by atoms with Crippen LogP contribution in [0.15, 0.2) is 0 Å². The second-order valence-corrected chi connectivity index (χ2v) is 7.15. The monoisotopic (exact) mass is 217 g/mol. The molecule has 1 saturated carbocycles. The van der Waals surface area contributed by atoms with Crippen LogP contribution in [-0.4, -0.2) is 31.1 Å². The summed E-state index contributed by atoms with van der Waals surface area (Å²) in [7, 11) is -2.96. The predicted molar refractivity (Wildman–Crippen MR) is 56.5 cm³/mol. The summed E-state index contributed by atoms with van der Waals surface area (Å²) >= 11 is 0. The van der Waals surface area contributed by atoms with Gasteiger partial charge in [-0.3, -0.25) is 0 Å². The van der Waals surface area contributed by atoms with E-state index in [0.717, 1.165) is 25.9 Å². The molecule has 1 heterocycles. The van der Waals surface area contributed by atoms with E-state index in [2.05, 4.69) is 6.92 Å². The first kappa shape index (κ1) is 10.4. The second kappa shape index (κ2) is 3.49. The van der Waals surface area contributed by atoms with Gasteiger partial charge in [0.15, 0.2) is 0 Å². The Labute approximate surface area is 86.5 Å². The van der Waals surface area contributed by atoms with E-state index in [1.165, 1.54) is 6.42 Å². The number of nitrogens with zero attached hydrogens (tertiary/aromatic N) is 1. The molecular formula is C10H19NO2S. The van der Waals surface area contributed by atoms with E-state index in [-0.39, 0.29) is 5.25 Å². The molecular weight excluding hydrogens is 198 g/mol. The van der Waals surface area contributed by atoms with Gasteiger partial charge in [-0.25, -0.2) is 12.7 Å². The molecule has 0 aromatic carbocycles. The van der Waals surface area contributed by atoms with E-state index in [1.54, 1.807) is 4.31 Å². The van der Waals surface area contributed by atoms with Crippen LogP contribution in [0.4, 0.5) is 0 Å². The molecule has 82 valence electrons. The molecule has 0 spiro atoms. The molecule has 4 heteroatoms. The topological polar surface area (TPSA) is 37.4 Å². The summed E-state index contributed by atoms with van der Waals surface area (Å²) in [6, 6.07) is 0. The average Bonchev–Trinajstić information content (AvgIpc) is 1.95. The highest BCUT2D eigenvalue weighted by molar-refractivity contribution is 7.89. The van der Waals surface area contributed by atoms with Crippen LogP contribution in [-0.2, 0) is 10.0 Å². The minimum Gasteiger partial charge on any atom is -0.212 e. The van der Waals surface area contributed by atoms with E-state index in [0.29, 0.717) is 11.8 Å². The molecule has 1 saturated heterocycles. The normalized spacial score (nSPS) is 28.1. The lowest BCUT2D eigenvalue weighted by atomic mass is 9.83. The van der Waals surface area contributed by atoms with Crippen LogP contribution in [0.25, 0.3) is 0 Å². The average molecular weight is 217 g/mol. The summed E-state index contributed by atoms with van der Waals surface area (Å²) in [5.41, 5.74) is 0. The summed E-state index contributed by atoms with van der Waals surface area (Å²) in [6.07, 6.45) is 3.41. The van der Waals surface area contributed by atoms with E-state index in [4.69, 9.17) is 0 Å². The molecule has 1 atom stereocenters. The van der Waals surface area contributed by atoms with Gasteiger partial charge in [0.2, 0.25) is 10.0 Å². The van der Waals surface area contributed by atoms with Crippen LogP contribution in [0.1, 0.15) is 33.1 Å². The first-order valence-corrected chi connectivity index (χ1v) is 7.01. The van der Waals surface area contributed by atoms with Gasteiger partial charge in [-0.05, 0) is 31.6 Å². The Morgan fingerprint density at radius 3 is 2.21 bits per heavy atom. The molecule has 1 unspecified atom stereocenters.